The van der Waals surface area contributed by atoms with Crippen LogP contribution in [-0.2, 0) is 4.74 Å². The number of aromatic nitrogens is 4. The fourth-order valence-electron chi connectivity index (χ4n) is 3.16. The maximum atomic E-state index is 6.53. The Labute approximate surface area is 159 Å². The second kappa shape index (κ2) is 7.33. The van der Waals surface area contributed by atoms with Crippen LogP contribution in [0.2, 0.25) is 5.15 Å². The van der Waals surface area contributed by atoms with Crippen LogP contribution < -0.4 is 0 Å². The molecule has 0 aromatic carbocycles. The van der Waals surface area contributed by atoms with Crippen LogP contribution in [0, 0.1) is 13.8 Å². The zero-order valence-electron chi connectivity index (χ0n) is 16.2. The Bertz CT molecular complexity index is 949. The molecule has 0 N–H and O–H groups in total. The third kappa shape index (κ3) is 3.33. The molecule has 0 amide bonds. The topological polar surface area (TPSA) is 52.8 Å². The molecule has 0 radical (unpaired) electrons. The van der Waals surface area contributed by atoms with E-state index in [1.54, 1.807) is 7.11 Å². The van der Waals surface area contributed by atoms with E-state index in [1.807, 2.05) is 26.0 Å². The van der Waals surface area contributed by atoms with Crippen LogP contribution in [-0.4, -0.2) is 33.2 Å². The number of hydrogen-bond acceptors (Lipinski definition) is 4. The summed E-state index contributed by atoms with van der Waals surface area (Å²) in [6.45, 7) is 11.0. The van der Waals surface area contributed by atoms with Crippen LogP contribution in [0.25, 0.3) is 22.4 Å². The van der Waals surface area contributed by atoms with Crippen LogP contribution in [0.4, 0.5) is 0 Å². The number of pyridine rings is 1. The van der Waals surface area contributed by atoms with Crippen molar-refractivity contribution in [2.24, 2.45) is 0 Å². The summed E-state index contributed by atoms with van der Waals surface area (Å²) in [4.78, 5) is 14.2. The second-order valence-electron chi connectivity index (χ2n) is 7.08. The van der Waals surface area contributed by atoms with E-state index in [-0.39, 0.29) is 6.04 Å². The number of methoxy groups -OCH3 is 1. The molecular weight excluding hydrogens is 348 g/mol. The Hall–Kier alpha value is -1.98. The van der Waals surface area contributed by atoms with Gasteiger partial charge in [0.05, 0.1) is 12.6 Å². The highest BCUT2D eigenvalue weighted by Crippen LogP contribution is 2.32. The van der Waals surface area contributed by atoms with Crippen LogP contribution in [0.5, 0.6) is 0 Å². The molecule has 3 aromatic heterocycles. The molecule has 0 unspecified atom stereocenters. The minimum absolute atomic E-state index is 0.154. The molecular formula is C20H25ClN4O. The molecule has 0 spiro atoms. The summed E-state index contributed by atoms with van der Waals surface area (Å²) in [5.74, 6) is 0.380. The molecule has 3 aromatic rings. The fraction of sp³-hybridized carbons (Fsp3) is 0.450. The lowest BCUT2D eigenvalue weighted by Crippen LogP contribution is -2.10. The highest BCUT2D eigenvalue weighted by atomic mass is 35.5. The maximum absolute atomic E-state index is 6.53. The number of halogens is 1. The predicted molar refractivity (Wildman–Crippen MR) is 106 cm³/mol. The lowest BCUT2D eigenvalue weighted by molar-refractivity contribution is 0.163. The van der Waals surface area contributed by atoms with Gasteiger partial charge in [0.2, 0.25) is 0 Å². The minimum atomic E-state index is 0.154. The lowest BCUT2D eigenvalue weighted by Gasteiger charge is -2.14. The van der Waals surface area contributed by atoms with Crippen molar-refractivity contribution in [3.05, 3.63) is 40.4 Å². The van der Waals surface area contributed by atoms with Gasteiger partial charge in [0.25, 0.3) is 0 Å². The molecule has 1 atom stereocenters. The third-order valence-electron chi connectivity index (χ3n) is 4.62. The van der Waals surface area contributed by atoms with Gasteiger partial charge in [-0.25, -0.2) is 9.97 Å². The quantitative estimate of drug-likeness (QED) is 0.625. The predicted octanol–water partition coefficient (Wildman–Crippen LogP) is 5.09. The lowest BCUT2D eigenvalue weighted by atomic mass is 10.1. The van der Waals surface area contributed by atoms with Crippen molar-refractivity contribution < 1.29 is 4.74 Å². The Morgan fingerprint density at radius 3 is 2.46 bits per heavy atom. The van der Waals surface area contributed by atoms with E-state index >= 15 is 0 Å². The van der Waals surface area contributed by atoms with Gasteiger partial charge in [-0.15, -0.1) is 0 Å². The first-order valence-corrected chi connectivity index (χ1v) is 9.22. The van der Waals surface area contributed by atoms with Gasteiger partial charge in [-0.05, 0) is 44.4 Å². The van der Waals surface area contributed by atoms with Crippen molar-refractivity contribution in [2.75, 3.05) is 13.7 Å². The van der Waals surface area contributed by atoms with Gasteiger partial charge in [-0.2, -0.15) is 0 Å². The van der Waals surface area contributed by atoms with Crippen molar-refractivity contribution in [1.82, 2.24) is 19.5 Å². The van der Waals surface area contributed by atoms with Crippen molar-refractivity contribution in [2.45, 2.75) is 46.6 Å². The van der Waals surface area contributed by atoms with Gasteiger partial charge in [0, 0.05) is 30.3 Å². The molecule has 6 heteroatoms. The summed E-state index contributed by atoms with van der Waals surface area (Å²) in [5.41, 5.74) is 6.29. The average Bonchev–Trinajstić information content (AvgIpc) is 2.90. The van der Waals surface area contributed by atoms with Gasteiger partial charge in [0.1, 0.15) is 11.2 Å². The average molecular weight is 373 g/mol. The summed E-state index contributed by atoms with van der Waals surface area (Å²) in [6.07, 6.45) is 2.06. The second-order valence-corrected chi connectivity index (χ2v) is 7.44. The highest BCUT2D eigenvalue weighted by molar-refractivity contribution is 6.32. The maximum Gasteiger partial charge on any atom is 0.161 e. The van der Waals surface area contributed by atoms with Gasteiger partial charge in [-0.3, -0.25) is 4.98 Å². The zero-order valence-corrected chi connectivity index (χ0v) is 16.9. The third-order valence-corrected chi connectivity index (χ3v) is 4.89. The van der Waals surface area contributed by atoms with E-state index < -0.39 is 0 Å². The molecule has 0 bridgehead atoms. The monoisotopic (exact) mass is 372 g/mol. The van der Waals surface area contributed by atoms with E-state index in [0.717, 1.165) is 33.7 Å². The van der Waals surface area contributed by atoms with Crippen LogP contribution in [0.15, 0.2) is 18.3 Å². The Kier molecular flexibility index (Phi) is 5.30. The van der Waals surface area contributed by atoms with E-state index in [4.69, 9.17) is 26.3 Å². The first kappa shape index (κ1) is 18.8. The first-order chi connectivity index (χ1) is 12.3. The molecule has 0 aliphatic carbocycles. The summed E-state index contributed by atoms with van der Waals surface area (Å²) in [6, 6.07) is 4.23. The molecule has 0 aliphatic heterocycles. The molecule has 3 heterocycles. The first-order valence-electron chi connectivity index (χ1n) is 8.85. The summed E-state index contributed by atoms with van der Waals surface area (Å²) in [5, 5.41) is 0.392. The molecule has 138 valence electrons. The van der Waals surface area contributed by atoms with Crippen LogP contribution in [0.3, 0.4) is 0 Å². The minimum Gasteiger partial charge on any atom is -0.383 e. The molecule has 0 saturated heterocycles. The van der Waals surface area contributed by atoms with Gasteiger partial charge >= 0.3 is 0 Å². The Balaban J connectivity index is 2.14. The SMILES string of the molecule is COC[C@H](C)n1cc(C)c2nc(-c3ccc(C(C)C)nc3C)c(Cl)nc21. The highest BCUT2D eigenvalue weighted by Gasteiger charge is 2.19. The van der Waals surface area contributed by atoms with Gasteiger partial charge < -0.3 is 9.30 Å². The molecule has 0 aliphatic rings. The van der Waals surface area contributed by atoms with E-state index in [0.29, 0.717) is 23.4 Å². The smallest absolute Gasteiger partial charge is 0.161 e. The number of rotatable bonds is 5. The van der Waals surface area contributed by atoms with Crippen molar-refractivity contribution >= 4 is 22.8 Å². The fourth-order valence-corrected chi connectivity index (χ4v) is 3.39. The summed E-state index contributed by atoms with van der Waals surface area (Å²) < 4.78 is 7.35. The number of hydrogen-bond donors (Lipinski definition) is 0. The summed E-state index contributed by atoms with van der Waals surface area (Å²) >= 11 is 6.53. The van der Waals surface area contributed by atoms with Crippen LogP contribution >= 0.6 is 11.6 Å². The number of nitrogens with zero attached hydrogens (tertiary/aromatic N) is 4. The Morgan fingerprint density at radius 1 is 1.12 bits per heavy atom. The van der Waals surface area contributed by atoms with E-state index in [9.17, 15) is 0 Å². The Morgan fingerprint density at radius 2 is 1.85 bits per heavy atom. The molecule has 5 nitrogen and oxygen atoms in total. The number of aryl methyl sites for hydroxylation is 2. The standard InChI is InChI=1S/C20H25ClN4O/c1-11(2)16-8-7-15(14(5)22-16)18-19(21)24-20-17(23-18)12(3)9-25(20)13(4)10-26-6/h7-9,11,13H,10H2,1-6H3/t13-/m0/s1. The normalized spacial score (nSPS) is 12.9. The molecule has 3 rings (SSSR count). The zero-order chi connectivity index (χ0) is 19.0. The molecule has 0 fully saturated rings. The van der Waals surface area contributed by atoms with Gasteiger partial charge in [0.15, 0.2) is 10.8 Å². The summed E-state index contributed by atoms with van der Waals surface area (Å²) in [7, 11) is 1.70. The van der Waals surface area contributed by atoms with E-state index in [1.165, 1.54) is 0 Å². The number of ether oxygens (including phenoxy) is 1. The molecule has 26 heavy (non-hydrogen) atoms. The largest absolute Gasteiger partial charge is 0.383 e. The van der Waals surface area contributed by atoms with Crippen molar-refractivity contribution in [3.8, 4) is 11.3 Å². The van der Waals surface area contributed by atoms with E-state index in [2.05, 4.69) is 36.5 Å². The van der Waals surface area contributed by atoms with Crippen molar-refractivity contribution in [1.29, 1.82) is 0 Å². The van der Waals surface area contributed by atoms with Crippen LogP contribution in [0.1, 0.15) is 49.7 Å². The van der Waals surface area contributed by atoms with Gasteiger partial charge in [-0.1, -0.05) is 25.4 Å². The number of fused-ring (bicyclic) bond motifs is 1. The molecule has 0 saturated carbocycles. The van der Waals surface area contributed by atoms with Crippen molar-refractivity contribution in [3.63, 3.8) is 0 Å².